The second kappa shape index (κ2) is 16.4. The van der Waals surface area contributed by atoms with Gasteiger partial charge in [-0.05, 0) is 84.2 Å². The summed E-state index contributed by atoms with van der Waals surface area (Å²) in [5, 5.41) is 2.11. The number of nitrogens with zero attached hydrogens (tertiary/aromatic N) is 1. The fraction of sp³-hybridized carbons (Fsp3) is 0.406. The third-order valence-electron chi connectivity index (χ3n) is 5.38. The van der Waals surface area contributed by atoms with Crippen LogP contribution in [0, 0.1) is 19.8 Å². The quantitative estimate of drug-likeness (QED) is 0.293. The van der Waals surface area contributed by atoms with Crippen molar-refractivity contribution >= 4 is 34.6 Å². The van der Waals surface area contributed by atoms with E-state index in [0.717, 1.165) is 40.1 Å². The first-order valence-electron chi connectivity index (χ1n) is 13.1. The van der Waals surface area contributed by atoms with Crippen molar-refractivity contribution in [3.8, 4) is 0 Å². The minimum absolute atomic E-state index is 0.0854. The van der Waals surface area contributed by atoms with E-state index in [1.807, 2.05) is 37.9 Å². The lowest BCUT2D eigenvalue weighted by molar-refractivity contribution is 0.0789. The van der Waals surface area contributed by atoms with Crippen molar-refractivity contribution in [2.24, 2.45) is 5.92 Å². The maximum Gasteiger partial charge on any atom is 0.253 e. The van der Waals surface area contributed by atoms with Crippen LogP contribution in [0.1, 0.15) is 86.3 Å². The molecule has 1 aromatic heterocycles. The van der Waals surface area contributed by atoms with E-state index in [1.54, 1.807) is 23.1 Å². The predicted molar refractivity (Wildman–Crippen MR) is 163 cm³/mol. The van der Waals surface area contributed by atoms with Crippen LogP contribution in [-0.4, -0.2) is 24.4 Å². The van der Waals surface area contributed by atoms with Crippen molar-refractivity contribution in [3.05, 3.63) is 87.6 Å². The highest BCUT2D eigenvalue weighted by Gasteiger charge is 2.16. The lowest BCUT2D eigenvalue weighted by Crippen LogP contribution is -2.28. The molecule has 196 valence electrons. The number of carbonyl (C=O) groups excluding carboxylic acids is 1. The predicted octanol–water partition coefficient (Wildman–Crippen LogP) is 10.1. The second-order valence-electron chi connectivity index (χ2n) is 9.11. The zero-order chi connectivity index (χ0) is 27.3. The number of amides is 1. The first-order valence-corrected chi connectivity index (χ1v) is 14.8. The molecule has 0 spiro atoms. The normalized spacial score (nSPS) is 10.2. The van der Waals surface area contributed by atoms with Crippen LogP contribution in [0.3, 0.4) is 0 Å². The first kappa shape index (κ1) is 31.7. The van der Waals surface area contributed by atoms with Crippen LogP contribution in [0.15, 0.2) is 70.3 Å². The third kappa shape index (κ3) is 9.29. The van der Waals surface area contributed by atoms with Crippen LogP contribution in [0.25, 0.3) is 5.57 Å². The number of carbonyl (C=O) groups is 1. The van der Waals surface area contributed by atoms with E-state index in [9.17, 15) is 4.79 Å². The Labute approximate surface area is 228 Å². The van der Waals surface area contributed by atoms with Crippen LogP contribution in [0.5, 0.6) is 0 Å². The summed E-state index contributed by atoms with van der Waals surface area (Å²) in [7, 11) is 1.89. The molecule has 0 saturated heterocycles. The van der Waals surface area contributed by atoms with Crippen molar-refractivity contribution in [2.45, 2.75) is 78.0 Å². The van der Waals surface area contributed by atoms with Gasteiger partial charge in [-0.25, -0.2) is 0 Å². The largest absolute Gasteiger partial charge is 0.342 e. The highest BCUT2D eigenvalue weighted by molar-refractivity contribution is 7.99. The summed E-state index contributed by atoms with van der Waals surface area (Å²) >= 11 is 3.47. The van der Waals surface area contributed by atoms with Crippen LogP contribution < -0.4 is 0 Å². The number of aryl methyl sites for hydroxylation is 2. The van der Waals surface area contributed by atoms with E-state index >= 15 is 0 Å². The summed E-state index contributed by atoms with van der Waals surface area (Å²) in [5.74, 6) is 0.672. The molecule has 2 aromatic carbocycles. The molecule has 0 aliphatic heterocycles. The van der Waals surface area contributed by atoms with Crippen LogP contribution in [0.4, 0.5) is 0 Å². The minimum atomic E-state index is 0.0854. The fourth-order valence-corrected chi connectivity index (χ4v) is 5.35. The zero-order valence-corrected chi connectivity index (χ0v) is 25.4. The molecule has 0 N–H and O–H groups in total. The number of rotatable bonds is 8. The molecule has 36 heavy (non-hydrogen) atoms. The summed E-state index contributed by atoms with van der Waals surface area (Å²) < 4.78 is 0. The van der Waals surface area contributed by atoms with Gasteiger partial charge in [0.1, 0.15) is 0 Å². The van der Waals surface area contributed by atoms with Gasteiger partial charge in [0.25, 0.3) is 5.91 Å². The van der Waals surface area contributed by atoms with Crippen molar-refractivity contribution in [2.75, 3.05) is 13.6 Å². The molecule has 3 rings (SSSR count). The first-order chi connectivity index (χ1) is 17.2. The fourth-order valence-electron chi connectivity index (χ4n) is 3.40. The van der Waals surface area contributed by atoms with Gasteiger partial charge >= 0.3 is 0 Å². The van der Waals surface area contributed by atoms with Crippen LogP contribution in [-0.2, 0) is 0 Å². The SMILES string of the molecule is C=C(c1ccccc1Sc1ccc(C(=O)N(C)CCC(C)C)cc1C)c1sccc1C.CC.CCC. The molecule has 1 heterocycles. The summed E-state index contributed by atoms with van der Waals surface area (Å²) in [5.41, 5.74) is 5.34. The van der Waals surface area contributed by atoms with Crippen molar-refractivity contribution in [3.63, 3.8) is 0 Å². The van der Waals surface area contributed by atoms with Gasteiger partial charge in [-0.2, -0.15) is 0 Å². The Morgan fingerprint density at radius 2 is 1.64 bits per heavy atom. The Bertz CT molecular complexity index is 1100. The van der Waals surface area contributed by atoms with Gasteiger partial charge in [0.05, 0.1) is 0 Å². The molecule has 0 saturated carbocycles. The monoisotopic (exact) mass is 523 g/mol. The number of benzene rings is 2. The average Bonchev–Trinajstić information content (AvgIpc) is 3.30. The highest BCUT2D eigenvalue weighted by Crippen LogP contribution is 2.38. The second-order valence-corrected chi connectivity index (χ2v) is 11.1. The molecule has 3 aromatic rings. The van der Waals surface area contributed by atoms with Gasteiger partial charge in [0.15, 0.2) is 0 Å². The lowest BCUT2D eigenvalue weighted by atomic mass is 10.0. The highest BCUT2D eigenvalue weighted by atomic mass is 32.2. The van der Waals surface area contributed by atoms with Gasteiger partial charge in [-0.1, -0.05) is 84.5 Å². The van der Waals surface area contributed by atoms with Gasteiger partial charge in [0.2, 0.25) is 0 Å². The molecule has 0 atom stereocenters. The topological polar surface area (TPSA) is 20.3 Å². The van der Waals surface area contributed by atoms with Gasteiger partial charge in [-0.15, -0.1) is 11.3 Å². The molecule has 0 aliphatic rings. The van der Waals surface area contributed by atoms with E-state index in [0.29, 0.717) is 5.92 Å². The molecule has 0 fully saturated rings. The molecule has 1 amide bonds. The Balaban J connectivity index is 0.00000120. The zero-order valence-electron chi connectivity index (χ0n) is 23.8. The van der Waals surface area contributed by atoms with Gasteiger partial charge in [0, 0.05) is 33.8 Å². The average molecular weight is 524 g/mol. The summed E-state index contributed by atoms with van der Waals surface area (Å²) in [6.07, 6.45) is 2.26. The number of hydrogen-bond donors (Lipinski definition) is 0. The molecule has 0 aliphatic carbocycles. The maximum absolute atomic E-state index is 12.8. The molecular weight excluding hydrogens is 478 g/mol. The number of thiophene rings is 1. The van der Waals surface area contributed by atoms with E-state index in [4.69, 9.17) is 0 Å². The van der Waals surface area contributed by atoms with Crippen molar-refractivity contribution < 1.29 is 4.79 Å². The van der Waals surface area contributed by atoms with E-state index < -0.39 is 0 Å². The molecule has 0 unspecified atom stereocenters. The number of hydrogen-bond acceptors (Lipinski definition) is 3. The summed E-state index contributed by atoms with van der Waals surface area (Å²) in [6.45, 7) is 22.0. The van der Waals surface area contributed by atoms with Gasteiger partial charge in [-0.3, -0.25) is 4.79 Å². The van der Waals surface area contributed by atoms with E-state index in [2.05, 4.69) is 89.9 Å². The summed E-state index contributed by atoms with van der Waals surface area (Å²) in [4.78, 5) is 18.2. The third-order valence-corrected chi connectivity index (χ3v) is 7.71. The summed E-state index contributed by atoms with van der Waals surface area (Å²) in [6, 6.07) is 16.6. The standard InChI is InChI=1S/C27H31NOS2.C3H8.C2H6/c1-18(2)13-15-28(6)27(29)22-11-12-24(20(4)17-22)31-25-10-8-7-9-23(25)21(5)26-19(3)14-16-30-26;1-3-2;1-2/h7-12,14,16-18H,5,13,15H2,1-4,6H3;3H2,1-2H3;1-2H3. The Morgan fingerprint density at radius 1 is 1.00 bits per heavy atom. The van der Waals surface area contributed by atoms with Crippen LogP contribution >= 0.6 is 23.1 Å². The molecule has 0 bridgehead atoms. The molecular formula is C32H45NOS2. The maximum atomic E-state index is 12.8. The molecule has 4 heteroatoms. The molecule has 0 radical (unpaired) electrons. The van der Waals surface area contributed by atoms with Crippen molar-refractivity contribution in [1.82, 2.24) is 4.90 Å². The smallest absolute Gasteiger partial charge is 0.253 e. The lowest BCUT2D eigenvalue weighted by Gasteiger charge is -2.19. The van der Waals surface area contributed by atoms with Gasteiger partial charge < -0.3 is 4.90 Å². The van der Waals surface area contributed by atoms with E-state index in [-0.39, 0.29) is 5.91 Å². The molecule has 2 nitrogen and oxygen atoms in total. The Hall–Kier alpha value is -2.30. The van der Waals surface area contributed by atoms with E-state index in [1.165, 1.54) is 21.8 Å². The Kier molecular flexibility index (Phi) is 14.5. The Morgan fingerprint density at radius 3 is 2.19 bits per heavy atom. The van der Waals surface area contributed by atoms with Crippen molar-refractivity contribution in [1.29, 1.82) is 0 Å². The van der Waals surface area contributed by atoms with Crippen LogP contribution in [0.2, 0.25) is 0 Å². The minimum Gasteiger partial charge on any atom is -0.342 e.